The molecule has 0 saturated carbocycles. The molecule has 10 heavy (non-hydrogen) atoms. The SMILES string of the molecule is NC(=O)C1(N)CCNCC1. The van der Waals surface area contributed by atoms with Crippen molar-refractivity contribution in [3.63, 3.8) is 0 Å². The largest absolute Gasteiger partial charge is 0.368 e. The van der Waals surface area contributed by atoms with E-state index in [1.54, 1.807) is 0 Å². The van der Waals surface area contributed by atoms with E-state index in [9.17, 15) is 4.79 Å². The molecule has 0 aromatic rings. The molecular weight excluding hydrogens is 130 g/mol. The quantitative estimate of drug-likeness (QED) is 0.420. The molecule has 58 valence electrons. The van der Waals surface area contributed by atoms with Crippen LogP contribution in [0.1, 0.15) is 12.8 Å². The Labute approximate surface area is 59.9 Å². The summed E-state index contributed by atoms with van der Waals surface area (Å²) in [5.74, 6) is -0.381. The number of hydrogen-bond acceptors (Lipinski definition) is 3. The molecule has 1 amide bonds. The summed E-state index contributed by atoms with van der Waals surface area (Å²) in [6, 6.07) is 0. The zero-order chi connectivity index (χ0) is 7.61. The molecule has 1 saturated heterocycles. The third-order valence-electron chi connectivity index (χ3n) is 1.99. The van der Waals surface area contributed by atoms with Crippen molar-refractivity contribution in [1.29, 1.82) is 0 Å². The molecule has 5 N–H and O–H groups in total. The number of nitrogens with one attached hydrogen (secondary N) is 1. The molecular formula is C6H13N3O. The molecule has 0 bridgehead atoms. The van der Waals surface area contributed by atoms with Gasteiger partial charge in [-0.2, -0.15) is 0 Å². The summed E-state index contributed by atoms with van der Waals surface area (Å²) in [6.07, 6.45) is 1.31. The summed E-state index contributed by atoms with van der Waals surface area (Å²) >= 11 is 0. The molecule has 1 aliphatic heterocycles. The van der Waals surface area contributed by atoms with Gasteiger partial charge in [0.1, 0.15) is 0 Å². The Bertz CT molecular complexity index is 140. The maximum absolute atomic E-state index is 10.7. The van der Waals surface area contributed by atoms with Crippen molar-refractivity contribution >= 4 is 5.91 Å². The summed E-state index contributed by atoms with van der Waals surface area (Å²) in [4.78, 5) is 10.7. The highest BCUT2D eigenvalue weighted by Crippen LogP contribution is 2.13. The summed E-state index contributed by atoms with van der Waals surface area (Å²) in [5.41, 5.74) is 10.1. The summed E-state index contributed by atoms with van der Waals surface area (Å²) in [6.45, 7) is 1.58. The van der Waals surface area contributed by atoms with Gasteiger partial charge < -0.3 is 16.8 Å². The van der Waals surface area contributed by atoms with Crippen LogP contribution in [0.5, 0.6) is 0 Å². The molecule has 1 heterocycles. The molecule has 0 aromatic carbocycles. The fourth-order valence-electron chi connectivity index (χ4n) is 1.12. The Hall–Kier alpha value is -0.610. The molecule has 0 atom stereocenters. The van der Waals surface area contributed by atoms with Gasteiger partial charge >= 0.3 is 0 Å². The average molecular weight is 143 g/mol. The van der Waals surface area contributed by atoms with Gasteiger partial charge in [0.2, 0.25) is 5.91 Å². The van der Waals surface area contributed by atoms with Crippen molar-refractivity contribution in [2.75, 3.05) is 13.1 Å². The number of amides is 1. The van der Waals surface area contributed by atoms with E-state index in [2.05, 4.69) is 5.32 Å². The molecule has 1 aliphatic rings. The van der Waals surface area contributed by atoms with Crippen LogP contribution in [0.4, 0.5) is 0 Å². The van der Waals surface area contributed by atoms with Crippen LogP contribution in [0.25, 0.3) is 0 Å². The van der Waals surface area contributed by atoms with Crippen molar-refractivity contribution in [2.24, 2.45) is 11.5 Å². The smallest absolute Gasteiger partial charge is 0.237 e. The molecule has 0 radical (unpaired) electrons. The zero-order valence-corrected chi connectivity index (χ0v) is 5.89. The molecule has 1 rings (SSSR count). The molecule has 0 spiro atoms. The second-order valence-electron chi connectivity index (χ2n) is 2.77. The predicted octanol–water partition coefficient (Wildman–Crippen LogP) is -1.45. The van der Waals surface area contributed by atoms with E-state index < -0.39 is 5.54 Å². The summed E-state index contributed by atoms with van der Waals surface area (Å²) in [7, 11) is 0. The summed E-state index contributed by atoms with van der Waals surface area (Å²) < 4.78 is 0. The standard InChI is InChI=1S/C6H13N3O/c7-5(10)6(8)1-3-9-4-2-6/h9H,1-4,8H2,(H2,7,10). The van der Waals surface area contributed by atoms with Gasteiger partial charge in [-0.05, 0) is 25.9 Å². The number of carbonyl (C=O) groups excluding carboxylic acids is 1. The minimum Gasteiger partial charge on any atom is -0.368 e. The highest BCUT2D eigenvalue weighted by atomic mass is 16.1. The molecule has 1 fully saturated rings. The Kier molecular flexibility index (Phi) is 1.92. The van der Waals surface area contributed by atoms with Gasteiger partial charge in [0.05, 0.1) is 5.54 Å². The van der Waals surface area contributed by atoms with Crippen LogP contribution in [-0.4, -0.2) is 24.5 Å². The first kappa shape index (κ1) is 7.50. The van der Waals surface area contributed by atoms with E-state index in [0.29, 0.717) is 12.8 Å². The maximum atomic E-state index is 10.7. The Balaban J connectivity index is 2.56. The number of carbonyl (C=O) groups is 1. The third-order valence-corrected chi connectivity index (χ3v) is 1.99. The minimum absolute atomic E-state index is 0.381. The predicted molar refractivity (Wildman–Crippen MR) is 38.2 cm³/mol. The third kappa shape index (κ3) is 1.27. The van der Waals surface area contributed by atoms with Gasteiger partial charge in [-0.1, -0.05) is 0 Å². The van der Waals surface area contributed by atoms with E-state index >= 15 is 0 Å². The van der Waals surface area contributed by atoms with E-state index in [4.69, 9.17) is 11.5 Å². The molecule has 0 unspecified atom stereocenters. The van der Waals surface area contributed by atoms with Crippen molar-refractivity contribution in [3.05, 3.63) is 0 Å². The first-order chi connectivity index (χ1) is 4.65. The Morgan fingerprint density at radius 3 is 2.20 bits per heavy atom. The molecule has 4 nitrogen and oxygen atoms in total. The van der Waals surface area contributed by atoms with Crippen LogP contribution in [0, 0.1) is 0 Å². The minimum atomic E-state index is -0.745. The fourth-order valence-corrected chi connectivity index (χ4v) is 1.12. The topological polar surface area (TPSA) is 81.1 Å². The maximum Gasteiger partial charge on any atom is 0.237 e. The Morgan fingerprint density at radius 2 is 1.90 bits per heavy atom. The monoisotopic (exact) mass is 143 g/mol. The van der Waals surface area contributed by atoms with Gasteiger partial charge in [-0.25, -0.2) is 0 Å². The number of nitrogens with two attached hydrogens (primary N) is 2. The number of piperidine rings is 1. The lowest BCUT2D eigenvalue weighted by molar-refractivity contribution is -0.123. The highest BCUT2D eigenvalue weighted by molar-refractivity contribution is 5.84. The van der Waals surface area contributed by atoms with Crippen molar-refractivity contribution in [2.45, 2.75) is 18.4 Å². The van der Waals surface area contributed by atoms with Crippen LogP contribution < -0.4 is 16.8 Å². The Morgan fingerprint density at radius 1 is 1.40 bits per heavy atom. The van der Waals surface area contributed by atoms with Gasteiger partial charge in [0.25, 0.3) is 0 Å². The van der Waals surface area contributed by atoms with Crippen molar-refractivity contribution in [3.8, 4) is 0 Å². The average Bonchev–Trinajstić information content (AvgIpc) is 1.89. The summed E-state index contributed by atoms with van der Waals surface area (Å²) in [5, 5.41) is 3.11. The van der Waals surface area contributed by atoms with Crippen LogP contribution in [-0.2, 0) is 4.79 Å². The molecule has 0 aromatic heterocycles. The number of hydrogen-bond donors (Lipinski definition) is 3. The van der Waals surface area contributed by atoms with Gasteiger partial charge in [-0.15, -0.1) is 0 Å². The molecule has 4 heteroatoms. The lowest BCUT2D eigenvalue weighted by Gasteiger charge is -2.30. The highest BCUT2D eigenvalue weighted by Gasteiger charge is 2.32. The zero-order valence-electron chi connectivity index (χ0n) is 5.89. The van der Waals surface area contributed by atoms with Crippen LogP contribution in [0.15, 0.2) is 0 Å². The van der Waals surface area contributed by atoms with Crippen molar-refractivity contribution < 1.29 is 4.79 Å². The number of primary amides is 1. The first-order valence-electron chi connectivity index (χ1n) is 3.45. The second kappa shape index (κ2) is 2.56. The van der Waals surface area contributed by atoms with Gasteiger partial charge in [-0.3, -0.25) is 4.79 Å². The molecule has 0 aliphatic carbocycles. The lowest BCUT2D eigenvalue weighted by atomic mass is 9.89. The second-order valence-corrected chi connectivity index (χ2v) is 2.77. The van der Waals surface area contributed by atoms with Crippen LogP contribution in [0.3, 0.4) is 0 Å². The lowest BCUT2D eigenvalue weighted by Crippen LogP contribution is -2.57. The fraction of sp³-hybridized carbons (Fsp3) is 0.833. The first-order valence-corrected chi connectivity index (χ1v) is 3.45. The van der Waals surface area contributed by atoms with Crippen molar-refractivity contribution in [1.82, 2.24) is 5.32 Å². The van der Waals surface area contributed by atoms with E-state index in [0.717, 1.165) is 13.1 Å². The number of rotatable bonds is 1. The van der Waals surface area contributed by atoms with E-state index in [1.807, 2.05) is 0 Å². The van der Waals surface area contributed by atoms with E-state index in [-0.39, 0.29) is 5.91 Å². The van der Waals surface area contributed by atoms with Gasteiger partial charge in [0, 0.05) is 0 Å². The van der Waals surface area contributed by atoms with Gasteiger partial charge in [0.15, 0.2) is 0 Å². The normalized spacial score (nSPS) is 24.1. The van der Waals surface area contributed by atoms with Crippen LogP contribution >= 0.6 is 0 Å². The van der Waals surface area contributed by atoms with Crippen LogP contribution in [0.2, 0.25) is 0 Å². The van der Waals surface area contributed by atoms with E-state index in [1.165, 1.54) is 0 Å².